The number of amides is 1. The average Bonchev–Trinajstić information content (AvgIpc) is 2.55. The zero-order valence-corrected chi connectivity index (χ0v) is 12.4. The van der Waals surface area contributed by atoms with Crippen LogP contribution in [0.4, 0.5) is 0 Å². The van der Waals surface area contributed by atoms with Gasteiger partial charge in [-0.2, -0.15) is 0 Å². The molecule has 0 spiro atoms. The fraction of sp³-hybridized carbons (Fsp3) is 0.294. The fourth-order valence-corrected chi connectivity index (χ4v) is 2.15. The number of carbonyl (C=O) groups excluding carboxylic acids is 1. The van der Waals surface area contributed by atoms with Gasteiger partial charge in [0.1, 0.15) is 0 Å². The van der Waals surface area contributed by atoms with Crippen LogP contribution in [0.2, 0.25) is 0 Å². The number of methoxy groups -OCH3 is 1. The van der Waals surface area contributed by atoms with Crippen molar-refractivity contribution in [3.8, 4) is 0 Å². The summed E-state index contributed by atoms with van der Waals surface area (Å²) < 4.78 is 5.36. The number of pyridine rings is 1. The van der Waals surface area contributed by atoms with E-state index in [2.05, 4.69) is 4.98 Å². The minimum absolute atomic E-state index is 0.0420. The van der Waals surface area contributed by atoms with Crippen molar-refractivity contribution in [2.75, 3.05) is 20.7 Å². The van der Waals surface area contributed by atoms with E-state index in [4.69, 9.17) is 4.74 Å². The van der Waals surface area contributed by atoms with E-state index < -0.39 is 6.10 Å². The summed E-state index contributed by atoms with van der Waals surface area (Å²) in [6.45, 7) is 0.614. The highest BCUT2D eigenvalue weighted by molar-refractivity contribution is 5.82. The fourth-order valence-electron chi connectivity index (χ4n) is 2.15. The number of carbonyl (C=O) groups is 1. The highest BCUT2D eigenvalue weighted by Gasteiger charge is 2.23. The van der Waals surface area contributed by atoms with Gasteiger partial charge < -0.3 is 9.64 Å². The predicted octanol–water partition coefficient (Wildman–Crippen LogP) is 2.47. The highest BCUT2D eigenvalue weighted by atomic mass is 16.5. The molecule has 1 unspecified atom stereocenters. The summed E-state index contributed by atoms with van der Waals surface area (Å²) in [6.07, 6.45) is 1.94. The number of hydrogen-bond acceptors (Lipinski definition) is 3. The lowest BCUT2D eigenvalue weighted by atomic mass is 10.1. The molecule has 0 fully saturated rings. The number of aromatic nitrogens is 1. The highest BCUT2D eigenvalue weighted by Crippen LogP contribution is 2.18. The first kappa shape index (κ1) is 15.2. The summed E-state index contributed by atoms with van der Waals surface area (Å²) in [7, 11) is 3.35. The zero-order chi connectivity index (χ0) is 15.1. The molecule has 1 heterocycles. The van der Waals surface area contributed by atoms with Crippen molar-refractivity contribution in [3.05, 3.63) is 66.0 Å². The van der Waals surface area contributed by atoms with Crippen LogP contribution in [0.1, 0.15) is 17.4 Å². The maximum absolute atomic E-state index is 12.5. The third-order valence-corrected chi connectivity index (χ3v) is 3.37. The molecule has 2 rings (SSSR count). The molecule has 2 aromatic rings. The number of ether oxygens (including phenoxy) is 1. The molecule has 0 saturated heterocycles. The van der Waals surface area contributed by atoms with E-state index in [1.807, 2.05) is 48.5 Å². The molecule has 0 bridgehead atoms. The summed E-state index contributed by atoms with van der Waals surface area (Å²) in [5.41, 5.74) is 1.85. The second kappa shape index (κ2) is 7.55. The van der Waals surface area contributed by atoms with Gasteiger partial charge in [0, 0.05) is 39.0 Å². The van der Waals surface area contributed by atoms with Crippen LogP contribution in [0.3, 0.4) is 0 Å². The van der Waals surface area contributed by atoms with Crippen molar-refractivity contribution in [3.63, 3.8) is 0 Å². The molecule has 0 aliphatic heterocycles. The standard InChI is InChI=1S/C17H20N2O2/c1-19(13-11-15-10-6-7-12-18-15)17(20)16(21-2)14-8-4-3-5-9-14/h3-10,12,16H,11,13H2,1-2H3. The van der Waals surface area contributed by atoms with E-state index in [1.54, 1.807) is 25.3 Å². The number of benzene rings is 1. The molecule has 1 atom stereocenters. The second-order valence-corrected chi connectivity index (χ2v) is 4.86. The van der Waals surface area contributed by atoms with Gasteiger partial charge in [0.15, 0.2) is 6.10 Å². The molecular formula is C17H20N2O2. The first-order chi connectivity index (χ1) is 10.2. The Kier molecular flexibility index (Phi) is 5.46. The van der Waals surface area contributed by atoms with E-state index in [0.717, 1.165) is 17.7 Å². The number of rotatable bonds is 6. The Bertz CT molecular complexity index is 558. The number of hydrogen-bond donors (Lipinski definition) is 0. The molecule has 1 aromatic heterocycles. The monoisotopic (exact) mass is 284 g/mol. The Morgan fingerprint density at radius 3 is 2.52 bits per heavy atom. The van der Waals surface area contributed by atoms with E-state index in [0.29, 0.717) is 6.54 Å². The SMILES string of the molecule is COC(C(=O)N(C)CCc1ccccn1)c1ccccc1. The quantitative estimate of drug-likeness (QED) is 0.818. The lowest BCUT2D eigenvalue weighted by Gasteiger charge is -2.23. The molecule has 1 amide bonds. The maximum Gasteiger partial charge on any atom is 0.256 e. The maximum atomic E-state index is 12.5. The summed E-state index contributed by atoms with van der Waals surface area (Å²) in [5.74, 6) is -0.0420. The minimum Gasteiger partial charge on any atom is -0.367 e. The van der Waals surface area contributed by atoms with Crippen molar-refractivity contribution in [1.29, 1.82) is 0 Å². The minimum atomic E-state index is -0.556. The van der Waals surface area contributed by atoms with Gasteiger partial charge in [-0.05, 0) is 17.7 Å². The van der Waals surface area contributed by atoms with Gasteiger partial charge >= 0.3 is 0 Å². The first-order valence-electron chi connectivity index (χ1n) is 6.95. The molecule has 1 aromatic carbocycles. The Hall–Kier alpha value is -2.20. The van der Waals surface area contributed by atoms with E-state index in [9.17, 15) is 4.79 Å². The van der Waals surface area contributed by atoms with Crippen molar-refractivity contribution >= 4 is 5.91 Å². The van der Waals surface area contributed by atoms with Gasteiger partial charge in [-0.3, -0.25) is 9.78 Å². The normalized spacial score (nSPS) is 11.9. The molecule has 4 nitrogen and oxygen atoms in total. The van der Waals surface area contributed by atoms with Crippen LogP contribution in [0.15, 0.2) is 54.7 Å². The molecular weight excluding hydrogens is 264 g/mol. The molecule has 4 heteroatoms. The summed E-state index contributed by atoms with van der Waals surface area (Å²) in [6, 6.07) is 15.3. The lowest BCUT2D eigenvalue weighted by Crippen LogP contribution is -2.34. The average molecular weight is 284 g/mol. The lowest BCUT2D eigenvalue weighted by molar-refractivity contribution is -0.141. The molecule has 110 valence electrons. The van der Waals surface area contributed by atoms with Crippen molar-refractivity contribution in [1.82, 2.24) is 9.88 Å². The van der Waals surface area contributed by atoms with Crippen LogP contribution in [-0.4, -0.2) is 36.5 Å². The largest absolute Gasteiger partial charge is 0.367 e. The molecule has 0 saturated carbocycles. The molecule has 0 N–H and O–H groups in total. The Morgan fingerprint density at radius 1 is 1.19 bits per heavy atom. The topological polar surface area (TPSA) is 42.4 Å². The third kappa shape index (κ3) is 4.13. The molecule has 0 radical (unpaired) electrons. The number of likely N-dealkylation sites (N-methyl/N-ethyl adjacent to an activating group) is 1. The number of nitrogens with zero attached hydrogens (tertiary/aromatic N) is 2. The predicted molar refractivity (Wildman–Crippen MR) is 81.8 cm³/mol. The van der Waals surface area contributed by atoms with Crippen molar-refractivity contribution < 1.29 is 9.53 Å². The Balaban J connectivity index is 1.97. The van der Waals surface area contributed by atoms with E-state index in [-0.39, 0.29) is 5.91 Å². The van der Waals surface area contributed by atoms with Gasteiger partial charge in [0.2, 0.25) is 0 Å². The van der Waals surface area contributed by atoms with Gasteiger partial charge in [-0.25, -0.2) is 0 Å². The second-order valence-electron chi connectivity index (χ2n) is 4.86. The molecule has 21 heavy (non-hydrogen) atoms. The first-order valence-corrected chi connectivity index (χ1v) is 6.95. The van der Waals surface area contributed by atoms with Crippen molar-refractivity contribution in [2.24, 2.45) is 0 Å². The van der Waals surface area contributed by atoms with Gasteiger partial charge in [-0.15, -0.1) is 0 Å². The van der Waals surface area contributed by atoms with Gasteiger partial charge in [0.25, 0.3) is 5.91 Å². The summed E-state index contributed by atoms with van der Waals surface area (Å²) >= 11 is 0. The Morgan fingerprint density at radius 2 is 1.90 bits per heavy atom. The van der Waals surface area contributed by atoms with Crippen LogP contribution in [0.5, 0.6) is 0 Å². The van der Waals surface area contributed by atoms with E-state index >= 15 is 0 Å². The van der Waals surface area contributed by atoms with Crippen LogP contribution in [-0.2, 0) is 16.0 Å². The van der Waals surface area contributed by atoms with Crippen LogP contribution in [0.25, 0.3) is 0 Å². The smallest absolute Gasteiger partial charge is 0.256 e. The van der Waals surface area contributed by atoms with Gasteiger partial charge in [0.05, 0.1) is 0 Å². The van der Waals surface area contributed by atoms with E-state index in [1.165, 1.54) is 0 Å². The van der Waals surface area contributed by atoms with Crippen LogP contribution < -0.4 is 0 Å². The molecule has 0 aliphatic carbocycles. The Labute approximate surface area is 125 Å². The third-order valence-electron chi connectivity index (χ3n) is 3.37. The summed E-state index contributed by atoms with van der Waals surface area (Å²) in [4.78, 5) is 18.4. The zero-order valence-electron chi connectivity index (χ0n) is 12.4. The molecule has 0 aliphatic rings. The van der Waals surface area contributed by atoms with Crippen molar-refractivity contribution in [2.45, 2.75) is 12.5 Å². The van der Waals surface area contributed by atoms with Crippen LogP contribution in [0, 0.1) is 0 Å². The van der Waals surface area contributed by atoms with Crippen LogP contribution >= 0.6 is 0 Å². The van der Waals surface area contributed by atoms with Gasteiger partial charge in [-0.1, -0.05) is 36.4 Å². The summed E-state index contributed by atoms with van der Waals surface area (Å²) in [5, 5.41) is 0.